The Balaban J connectivity index is 2.53. The molecule has 0 saturated heterocycles. The Labute approximate surface area is 72.8 Å². The Morgan fingerprint density at radius 1 is 1.42 bits per heavy atom. The average molecular weight is 162 g/mol. The van der Waals surface area contributed by atoms with Crippen LogP contribution in [0, 0.1) is 6.92 Å². The lowest BCUT2D eigenvalue weighted by molar-refractivity contribution is 0.828. The lowest BCUT2D eigenvalue weighted by Crippen LogP contribution is -2.13. The second-order valence-electron chi connectivity index (χ2n) is 3.40. The van der Waals surface area contributed by atoms with Crippen LogP contribution in [0.4, 0.5) is 11.4 Å². The van der Waals surface area contributed by atoms with Gasteiger partial charge in [0.2, 0.25) is 0 Å². The van der Waals surface area contributed by atoms with Crippen molar-refractivity contribution in [1.29, 1.82) is 0 Å². The summed E-state index contributed by atoms with van der Waals surface area (Å²) in [6.07, 6.45) is 2.38. The first-order valence-corrected chi connectivity index (χ1v) is 4.40. The highest BCUT2D eigenvalue weighted by molar-refractivity contribution is 5.64. The van der Waals surface area contributed by atoms with Crippen LogP contribution in [0.2, 0.25) is 0 Å². The van der Waals surface area contributed by atoms with Crippen molar-refractivity contribution in [2.24, 2.45) is 0 Å². The van der Waals surface area contributed by atoms with Crippen molar-refractivity contribution in [1.82, 2.24) is 0 Å². The molecule has 12 heavy (non-hydrogen) atoms. The highest BCUT2D eigenvalue weighted by atomic mass is 14.9. The maximum atomic E-state index is 5.75. The number of nitrogen functional groups attached to an aromatic ring is 1. The summed E-state index contributed by atoms with van der Waals surface area (Å²) in [7, 11) is 0. The van der Waals surface area contributed by atoms with Gasteiger partial charge in [0.1, 0.15) is 0 Å². The Morgan fingerprint density at radius 2 is 2.25 bits per heavy atom. The lowest BCUT2D eigenvalue weighted by Gasteiger charge is -2.20. The van der Waals surface area contributed by atoms with Crippen molar-refractivity contribution in [3.8, 4) is 0 Å². The third-order valence-corrected chi connectivity index (χ3v) is 2.36. The number of nitrogens with two attached hydrogens (primary N) is 1. The second kappa shape index (κ2) is 2.70. The average Bonchev–Trinajstić information content (AvgIpc) is 2.04. The van der Waals surface area contributed by atoms with E-state index < -0.39 is 0 Å². The van der Waals surface area contributed by atoms with E-state index in [4.69, 9.17) is 5.73 Å². The third kappa shape index (κ3) is 1.13. The zero-order chi connectivity index (χ0) is 8.55. The Morgan fingerprint density at radius 3 is 3.08 bits per heavy atom. The minimum atomic E-state index is 0.884. The number of aryl methyl sites for hydroxylation is 2. The first-order valence-electron chi connectivity index (χ1n) is 4.40. The largest absolute Gasteiger partial charge is 0.399 e. The van der Waals surface area contributed by atoms with E-state index in [0.717, 1.165) is 18.7 Å². The van der Waals surface area contributed by atoms with Gasteiger partial charge in [-0.1, -0.05) is 0 Å². The van der Waals surface area contributed by atoms with Crippen LogP contribution in [0.15, 0.2) is 12.1 Å². The van der Waals surface area contributed by atoms with Gasteiger partial charge in [0, 0.05) is 17.9 Å². The topological polar surface area (TPSA) is 38.0 Å². The summed E-state index contributed by atoms with van der Waals surface area (Å²) in [5.74, 6) is 0. The van der Waals surface area contributed by atoms with Gasteiger partial charge in [-0.15, -0.1) is 0 Å². The van der Waals surface area contributed by atoms with Gasteiger partial charge in [-0.3, -0.25) is 0 Å². The maximum absolute atomic E-state index is 5.75. The molecule has 0 saturated carbocycles. The van der Waals surface area contributed by atoms with Crippen molar-refractivity contribution >= 4 is 11.4 Å². The summed E-state index contributed by atoms with van der Waals surface area (Å²) in [5.41, 5.74) is 10.6. The van der Waals surface area contributed by atoms with Crippen molar-refractivity contribution < 1.29 is 0 Å². The predicted molar refractivity (Wildman–Crippen MR) is 52.4 cm³/mol. The monoisotopic (exact) mass is 162 g/mol. The van der Waals surface area contributed by atoms with Gasteiger partial charge >= 0.3 is 0 Å². The number of hydrogen-bond acceptors (Lipinski definition) is 2. The third-order valence-electron chi connectivity index (χ3n) is 2.36. The molecule has 2 rings (SSSR count). The molecular weight excluding hydrogens is 148 g/mol. The van der Waals surface area contributed by atoms with E-state index in [9.17, 15) is 0 Å². The second-order valence-corrected chi connectivity index (χ2v) is 3.40. The van der Waals surface area contributed by atoms with E-state index in [1.54, 1.807) is 0 Å². The standard InChI is InChI=1S/C10H14N2/c1-7-5-9(11)6-8-3-2-4-12-10(7)8/h5-6,12H,2-4,11H2,1H3. The normalized spacial score (nSPS) is 15.1. The summed E-state index contributed by atoms with van der Waals surface area (Å²) in [6.45, 7) is 3.20. The van der Waals surface area contributed by atoms with Crippen LogP contribution in [0.1, 0.15) is 17.5 Å². The van der Waals surface area contributed by atoms with Gasteiger partial charge in [0.15, 0.2) is 0 Å². The molecule has 0 unspecified atom stereocenters. The first kappa shape index (κ1) is 7.47. The number of rotatable bonds is 0. The molecular formula is C10H14N2. The van der Waals surface area contributed by atoms with Crippen LogP contribution in [-0.4, -0.2) is 6.54 Å². The zero-order valence-corrected chi connectivity index (χ0v) is 7.35. The molecule has 2 nitrogen and oxygen atoms in total. The van der Waals surface area contributed by atoms with Crippen molar-refractivity contribution in [3.05, 3.63) is 23.3 Å². The lowest BCUT2D eigenvalue weighted by atomic mass is 9.99. The van der Waals surface area contributed by atoms with E-state index in [2.05, 4.69) is 18.3 Å². The minimum absolute atomic E-state index is 0.884. The molecule has 64 valence electrons. The van der Waals surface area contributed by atoms with Gasteiger partial charge < -0.3 is 11.1 Å². The maximum Gasteiger partial charge on any atom is 0.0403 e. The Kier molecular flexibility index (Phi) is 1.68. The minimum Gasteiger partial charge on any atom is -0.399 e. The van der Waals surface area contributed by atoms with Crippen molar-refractivity contribution in [2.45, 2.75) is 19.8 Å². The van der Waals surface area contributed by atoms with Crippen LogP contribution in [0.5, 0.6) is 0 Å². The van der Waals surface area contributed by atoms with Crippen molar-refractivity contribution in [2.75, 3.05) is 17.6 Å². The van der Waals surface area contributed by atoms with Gasteiger partial charge in [0.05, 0.1) is 0 Å². The summed E-state index contributed by atoms with van der Waals surface area (Å²) in [5, 5.41) is 3.40. The fraction of sp³-hybridized carbons (Fsp3) is 0.400. The fourth-order valence-electron chi connectivity index (χ4n) is 1.83. The van der Waals surface area contributed by atoms with Gasteiger partial charge in [0.25, 0.3) is 0 Å². The molecule has 3 N–H and O–H groups in total. The quantitative estimate of drug-likeness (QED) is 0.572. The van der Waals surface area contributed by atoms with Gasteiger partial charge in [-0.25, -0.2) is 0 Å². The molecule has 1 heterocycles. The van der Waals surface area contributed by atoms with Crippen LogP contribution >= 0.6 is 0 Å². The van der Waals surface area contributed by atoms with Crippen LogP contribution in [0.3, 0.4) is 0 Å². The SMILES string of the molecule is Cc1cc(N)cc2c1NCCC2. The smallest absolute Gasteiger partial charge is 0.0403 e. The highest BCUT2D eigenvalue weighted by Gasteiger charge is 2.10. The van der Waals surface area contributed by atoms with Gasteiger partial charge in [-0.2, -0.15) is 0 Å². The molecule has 0 fully saturated rings. The number of nitrogens with one attached hydrogen (secondary N) is 1. The molecule has 0 atom stereocenters. The number of hydrogen-bond donors (Lipinski definition) is 2. The molecule has 0 aliphatic carbocycles. The first-order chi connectivity index (χ1) is 5.77. The predicted octanol–water partition coefficient (Wildman–Crippen LogP) is 1.94. The summed E-state index contributed by atoms with van der Waals surface area (Å²) in [6, 6.07) is 4.10. The summed E-state index contributed by atoms with van der Waals surface area (Å²) in [4.78, 5) is 0. The molecule has 1 aromatic carbocycles. The highest BCUT2D eigenvalue weighted by Crippen LogP contribution is 2.27. The van der Waals surface area contributed by atoms with Crippen LogP contribution in [-0.2, 0) is 6.42 Å². The molecule has 2 heteroatoms. The molecule has 0 bridgehead atoms. The summed E-state index contributed by atoms with van der Waals surface area (Å²) >= 11 is 0. The molecule has 0 spiro atoms. The number of benzene rings is 1. The zero-order valence-electron chi connectivity index (χ0n) is 7.35. The van der Waals surface area contributed by atoms with Crippen LogP contribution < -0.4 is 11.1 Å². The van der Waals surface area contributed by atoms with E-state index in [-0.39, 0.29) is 0 Å². The van der Waals surface area contributed by atoms with E-state index in [1.807, 2.05) is 6.07 Å². The van der Waals surface area contributed by atoms with Crippen molar-refractivity contribution in [3.63, 3.8) is 0 Å². The number of anilines is 2. The fourth-order valence-corrected chi connectivity index (χ4v) is 1.83. The van der Waals surface area contributed by atoms with E-state index in [0.29, 0.717) is 0 Å². The molecule has 1 aliphatic heterocycles. The molecule has 0 radical (unpaired) electrons. The van der Waals surface area contributed by atoms with E-state index in [1.165, 1.54) is 23.2 Å². The Hall–Kier alpha value is -1.18. The molecule has 0 aromatic heterocycles. The Bertz CT molecular complexity index is 305. The summed E-state index contributed by atoms with van der Waals surface area (Å²) < 4.78 is 0. The van der Waals surface area contributed by atoms with E-state index >= 15 is 0 Å². The van der Waals surface area contributed by atoms with Gasteiger partial charge in [-0.05, 0) is 43.0 Å². The molecule has 1 aromatic rings. The number of fused-ring (bicyclic) bond motifs is 1. The molecule has 1 aliphatic rings. The van der Waals surface area contributed by atoms with Crippen LogP contribution in [0.25, 0.3) is 0 Å². The molecule has 0 amide bonds.